The molecular formula is C16H20N2O. The Kier molecular flexibility index (Phi) is 4.15. The van der Waals surface area contributed by atoms with E-state index in [-0.39, 0.29) is 5.78 Å². The fourth-order valence-corrected chi connectivity index (χ4v) is 2.11. The highest BCUT2D eigenvalue weighted by Crippen LogP contribution is 2.09. The van der Waals surface area contributed by atoms with E-state index in [1.54, 1.807) is 0 Å². The molecule has 0 fully saturated rings. The smallest absolute Gasteiger partial charge is 0.143 e. The van der Waals surface area contributed by atoms with Gasteiger partial charge >= 0.3 is 0 Å². The summed E-state index contributed by atoms with van der Waals surface area (Å²) < 4.78 is 1.81. The summed E-state index contributed by atoms with van der Waals surface area (Å²) in [5.41, 5.74) is 4.33. The van der Waals surface area contributed by atoms with E-state index in [1.807, 2.05) is 49.0 Å². The lowest BCUT2D eigenvalue weighted by Crippen LogP contribution is -2.10. The summed E-state index contributed by atoms with van der Waals surface area (Å²) in [7, 11) is 1.90. The first-order valence-corrected chi connectivity index (χ1v) is 6.67. The van der Waals surface area contributed by atoms with Gasteiger partial charge in [-0.15, -0.1) is 0 Å². The molecule has 2 rings (SSSR count). The summed E-state index contributed by atoms with van der Waals surface area (Å²) in [5.74, 6) is 0.231. The Hall–Kier alpha value is -1.90. The third-order valence-corrected chi connectivity index (χ3v) is 3.29. The average Bonchev–Trinajstić information content (AvgIpc) is 2.73. The molecule has 3 nitrogen and oxygen atoms in total. The maximum Gasteiger partial charge on any atom is 0.143 e. The number of rotatable bonds is 5. The first-order valence-electron chi connectivity index (χ1n) is 6.67. The Morgan fingerprint density at radius 2 is 1.89 bits per heavy atom. The molecule has 2 aromatic rings. The van der Waals surface area contributed by atoms with Crippen molar-refractivity contribution in [3.8, 4) is 0 Å². The number of ketones is 1. The molecule has 0 aliphatic carbocycles. The third-order valence-electron chi connectivity index (χ3n) is 3.29. The van der Waals surface area contributed by atoms with Crippen LogP contribution >= 0.6 is 0 Å². The number of carbonyl (C=O) groups excluding carboxylic acids is 1. The molecule has 0 aliphatic rings. The van der Waals surface area contributed by atoms with Crippen molar-refractivity contribution < 1.29 is 4.79 Å². The highest BCUT2D eigenvalue weighted by Gasteiger charge is 2.10. The number of Topliss-reactive ketones (excluding diaryl/α,β-unsaturated/α-hetero) is 1. The highest BCUT2D eigenvalue weighted by atomic mass is 16.1. The number of benzene rings is 1. The maximum absolute atomic E-state index is 12.1. The van der Waals surface area contributed by atoms with E-state index < -0.39 is 0 Å². The van der Waals surface area contributed by atoms with Crippen molar-refractivity contribution in [1.29, 1.82) is 0 Å². The fraction of sp³-hybridized carbons (Fsp3) is 0.375. The highest BCUT2D eigenvalue weighted by molar-refractivity contribution is 5.82. The van der Waals surface area contributed by atoms with Gasteiger partial charge in [0.25, 0.3) is 0 Å². The van der Waals surface area contributed by atoms with E-state index in [4.69, 9.17) is 0 Å². The topological polar surface area (TPSA) is 34.9 Å². The van der Waals surface area contributed by atoms with Crippen LogP contribution in [0.25, 0.3) is 0 Å². The Balaban J connectivity index is 2.00. The van der Waals surface area contributed by atoms with Gasteiger partial charge in [-0.3, -0.25) is 9.48 Å². The van der Waals surface area contributed by atoms with Crippen LogP contribution in [0.3, 0.4) is 0 Å². The molecule has 0 unspecified atom stereocenters. The molecule has 0 bridgehead atoms. The predicted octanol–water partition coefficient (Wildman–Crippen LogP) is 2.65. The van der Waals surface area contributed by atoms with Gasteiger partial charge in [0.05, 0.1) is 5.69 Å². The molecule has 19 heavy (non-hydrogen) atoms. The van der Waals surface area contributed by atoms with E-state index in [1.165, 1.54) is 5.56 Å². The van der Waals surface area contributed by atoms with Gasteiger partial charge in [0.15, 0.2) is 0 Å². The summed E-state index contributed by atoms with van der Waals surface area (Å²) >= 11 is 0. The molecule has 0 spiro atoms. The van der Waals surface area contributed by atoms with Crippen LogP contribution in [0.4, 0.5) is 0 Å². The number of aromatic nitrogens is 2. The van der Waals surface area contributed by atoms with Crippen molar-refractivity contribution in [1.82, 2.24) is 9.78 Å². The molecule has 0 radical (unpaired) electrons. The molecular weight excluding hydrogens is 236 g/mol. The lowest BCUT2D eigenvalue weighted by Gasteiger charge is -2.03. The van der Waals surface area contributed by atoms with Crippen molar-refractivity contribution in [3.63, 3.8) is 0 Å². The molecule has 0 amide bonds. The summed E-state index contributed by atoms with van der Waals surface area (Å²) in [6, 6.07) is 10.2. The minimum Gasteiger partial charge on any atom is -0.299 e. The third kappa shape index (κ3) is 3.53. The molecule has 0 atom stereocenters. The van der Waals surface area contributed by atoms with Gasteiger partial charge in [-0.1, -0.05) is 36.8 Å². The van der Waals surface area contributed by atoms with Gasteiger partial charge < -0.3 is 0 Å². The number of hydrogen-bond acceptors (Lipinski definition) is 2. The SMILES string of the molecule is CCc1cc(CC(=O)Cc2ccc(C)cc2)n(C)n1. The van der Waals surface area contributed by atoms with E-state index in [0.717, 1.165) is 23.4 Å². The van der Waals surface area contributed by atoms with Gasteiger partial charge in [-0.25, -0.2) is 0 Å². The summed E-state index contributed by atoms with van der Waals surface area (Å²) in [4.78, 5) is 12.1. The van der Waals surface area contributed by atoms with Crippen molar-refractivity contribution in [3.05, 3.63) is 52.8 Å². The first kappa shape index (κ1) is 13.5. The molecule has 1 heterocycles. The van der Waals surface area contributed by atoms with E-state index in [2.05, 4.69) is 12.0 Å². The number of aryl methyl sites for hydroxylation is 3. The second kappa shape index (κ2) is 5.83. The van der Waals surface area contributed by atoms with Crippen molar-refractivity contribution in [2.45, 2.75) is 33.1 Å². The molecule has 0 N–H and O–H groups in total. The van der Waals surface area contributed by atoms with Crippen LogP contribution < -0.4 is 0 Å². The van der Waals surface area contributed by atoms with E-state index >= 15 is 0 Å². The van der Waals surface area contributed by atoms with E-state index in [9.17, 15) is 4.79 Å². The number of nitrogens with zero attached hydrogens (tertiary/aromatic N) is 2. The minimum atomic E-state index is 0.231. The second-order valence-electron chi connectivity index (χ2n) is 4.98. The van der Waals surface area contributed by atoms with Crippen LogP contribution in [-0.2, 0) is 31.1 Å². The van der Waals surface area contributed by atoms with Crippen molar-refractivity contribution in [2.24, 2.45) is 7.05 Å². The van der Waals surface area contributed by atoms with Gasteiger partial charge in [-0.05, 0) is 25.0 Å². The van der Waals surface area contributed by atoms with Gasteiger partial charge in [0.2, 0.25) is 0 Å². The van der Waals surface area contributed by atoms with Crippen molar-refractivity contribution >= 4 is 5.78 Å². The zero-order valence-electron chi connectivity index (χ0n) is 11.8. The zero-order chi connectivity index (χ0) is 13.8. The first-order chi connectivity index (χ1) is 9.08. The zero-order valence-corrected chi connectivity index (χ0v) is 11.8. The molecule has 3 heteroatoms. The molecule has 0 saturated heterocycles. The van der Waals surface area contributed by atoms with E-state index in [0.29, 0.717) is 12.8 Å². The van der Waals surface area contributed by atoms with Crippen LogP contribution in [-0.4, -0.2) is 15.6 Å². The quantitative estimate of drug-likeness (QED) is 0.824. The van der Waals surface area contributed by atoms with Crippen LogP contribution in [0.1, 0.15) is 29.4 Å². The summed E-state index contributed by atoms with van der Waals surface area (Å²) in [6.07, 6.45) is 1.85. The molecule has 1 aromatic carbocycles. The minimum absolute atomic E-state index is 0.231. The van der Waals surface area contributed by atoms with Crippen LogP contribution in [0.5, 0.6) is 0 Å². The van der Waals surface area contributed by atoms with Crippen LogP contribution in [0, 0.1) is 6.92 Å². The average molecular weight is 256 g/mol. The molecule has 0 aliphatic heterocycles. The Bertz CT molecular complexity index is 567. The lowest BCUT2D eigenvalue weighted by atomic mass is 10.0. The Labute approximate surface area is 114 Å². The number of carbonyl (C=O) groups is 1. The van der Waals surface area contributed by atoms with Crippen LogP contribution in [0.15, 0.2) is 30.3 Å². The van der Waals surface area contributed by atoms with Gasteiger partial charge in [0, 0.05) is 25.6 Å². The van der Waals surface area contributed by atoms with Gasteiger partial charge in [-0.2, -0.15) is 5.10 Å². The summed E-state index contributed by atoms with van der Waals surface area (Å²) in [6.45, 7) is 4.12. The molecule has 1 aromatic heterocycles. The van der Waals surface area contributed by atoms with Crippen molar-refractivity contribution in [2.75, 3.05) is 0 Å². The molecule has 0 saturated carbocycles. The van der Waals surface area contributed by atoms with Gasteiger partial charge in [0.1, 0.15) is 5.78 Å². The summed E-state index contributed by atoms with van der Waals surface area (Å²) in [5, 5.41) is 4.37. The monoisotopic (exact) mass is 256 g/mol. The predicted molar refractivity (Wildman–Crippen MR) is 76.2 cm³/mol. The Morgan fingerprint density at radius 3 is 2.47 bits per heavy atom. The maximum atomic E-state index is 12.1. The lowest BCUT2D eigenvalue weighted by molar-refractivity contribution is -0.117. The molecule has 100 valence electrons. The number of hydrogen-bond donors (Lipinski definition) is 0. The second-order valence-corrected chi connectivity index (χ2v) is 4.98. The standard InChI is InChI=1S/C16H20N2O/c1-4-14-10-15(18(3)17-14)11-16(19)9-13-7-5-12(2)6-8-13/h5-8,10H,4,9,11H2,1-3H3. The van der Waals surface area contributed by atoms with Crippen LogP contribution in [0.2, 0.25) is 0 Å². The fourth-order valence-electron chi connectivity index (χ4n) is 2.11. The largest absolute Gasteiger partial charge is 0.299 e. The Morgan fingerprint density at radius 1 is 1.21 bits per heavy atom. The normalized spacial score (nSPS) is 10.7.